The monoisotopic (exact) mass is 1100 g/mol. The minimum absolute atomic E-state index is 0.0732. The van der Waals surface area contributed by atoms with E-state index in [-0.39, 0.29) is 37.2 Å². The number of aliphatic hydroxyl groups is 1. The van der Waals surface area contributed by atoms with E-state index in [1.54, 1.807) is 36.6 Å². The average Bonchev–Trinajstić information content (AvgIpc) is 3.36. The highest BCUT2D eigenvalue weighted by molar-refractivity contribution is 7.98. The van der Waals surface area contributed by atoms with Gasteiger partial charge in [0.05, 0.1) is 18.7 Å². The summed E-state index contributed by atoms with van der Waals surface area (Å²) in [5.74, 6) is -14.1. The number of rotatable bonds is 35. The van der Waals surface area contributed by atoms with Crippen LogP contribution in [-0.4, -0.2) is 175 Å². The summed E-state index contributed by atoms with van der Waals surface area (Å²) in [6.07, 6.45) is -3.69. The SMILES string of the molecule is CSCC[C@H](NC(=O)[C@H](CCC(=O)O)NC(=O)[C@@H](NC(=O)CNC(=O)[C@@H](N)CCC(=O)O)[C@@H](C)O)C(=O)N[C@@H](Cc1ccccc1)C(=O)N[C@@H](CCC(=O)O)C(=O)N[C@H](C(=O)N[C@@H](Cc1ccc(O)cc1)C(=O)O)C(C)C. The van der Waals surface area contributed by atoms with E-state index in [9.17, 15) is 83.1 Å². The summed E-state index contributed by atoms with van der Waals surface area (Å²) in [5.41, 5.74) is 6.58. The predicted octanol–water partition coefficient (Wildman–Crippen LogP) is -2.52. The predicted molar refractivity (Wildman–Crippen MR) is 274 cm³/mol. The maximum absolute atomic E-state index is 14.3. The zero-order valence-electron chi connectivity index (χ0n) is 42.8. The van der Waals surface area contributed by atoms with E-state index in [0.29, 0.717) is 11.1 Å². The molecule has 2 aromatic rings. The van der Waals surface area contributed by atoms with Gasteiger partial charge < -0.3 is 78.9 Å². The van der Waals surface area contributed by atoms with Crippen molar-refractivity contribution in [3.8, 4) is 5.75 Å². The second-order valence-electron chi connectivity index (χ2n) is 18.1. The summed E-state index contributed by atoms with van der Waals surface area (Å²) in [5, 5.41) is 76.9. The molecule has 0 heterocycles. The Balaban J connectivity index is 2.41. The van der Waals surface area contributed by atoms with Crippen molar-refractivity contribution in [2.24, 2.45) is 11.7 Å². The Morgan fingerprint density at radius 2 is 0.935 bits per heavy atom. The maximum Gasteiger partial charge on any atom is 0.326 e. The Kier molecular flexibility index (Phi) is 28.2. The highest BCUT2D eigenvalue weighted by Crippen LogP contribution is 2.14. The van der Waals surface area contributed by atoms with Gasteiger partial charge in [-0.05, 0) is 73.8 Å². The molecule has 424 valence electrons. The molecular weight excluding hydrogens is 1030 g/mol. The standard InChI is InChI=1S/C49H69N9O18S/c1-25(2)40(47(73)56-35(49(75)76)23-28-10-12-29(60)13-11-28)58-45(71)32(16-19-39(66)67)52-46(72)34(22-27-8-6-5-7-9-27)55-44(70)33(20-21-77-4)53-43(69)31(15-18-38(64)65)54-48(74)41(26(3)59)57-36(61)24-51-42(68)30(50)14-17-37(62)63/h5-13,25-26,30-35,40-41,59-60H,14-24,50H2,1-4H3,(H,51,68)(H,52,72)(H,53,69)(H,54,74)(H,55,70)(H,56,73)(H,57,61)(H,58,71)(H,62,63)(H,64,65)(H,66,67)(H,75,76)/t26-,30+,31+,32+,33+,34+,35+,40+,41+/m1/s1. The summed E-state index contributed by atoms with van der Waals surface area (Å²) in [7, 11) is 0. The summed E-state index contributed by atoms with van der Waals surface area (Å²) < 4.78 is 0. The summed E-state index contributed by atoms with van der Waals surface area (Å²) in [6, 6.07) is 1.30. The third kappa shape index (κ3) is 24.6. The van der Waals surface area contributed by atoms with Crippen molar-refractivity contribution in [2.45, 2.75) is 133 Å². The van der Waals surface area contributed by atoms with Crippen LogP contribution in [0.1, 0.15) is 76.8 Å². The number of hydrogen-bond donors (Lipinski definition) is 15. The van der Waals surface area contributed by atoms with Gasteiger partial charge in [0.25, 0.3) is 0 Å². The highest BCUT2D eigenvalue weighted by Gasteiger charge is 2.36. The van der Waals surface area contributed by atoms with Crippen molar-refractivity contribution in [3.05, 3.63) is 65.7 Å². The fraction of sp³-hybridized carbons (Fsp3) is 0.510. The van der Waals surface area contributed by atoms with E-state index in [1.807, 2.05) is 0 Å². The van der Waals surface area contributed by atoms with Crippen LogP contribution in [0.25, 0.3) is 0 Å². The Labute approximate surface area is 447 Å². The number of nitrogens with two attached hydrogens (primary N) is 1. The number of carboxylic acid groups (broad SMARTS) is 4. The lowest BCUT2D eigenvalue weighted by atomic mass is 10.00. The first-order valence-electron chi connectivity index (χ1n) is 24.2. The number of aromatic hydroxyl groups is 1. The summed E-state index contributed by atoms with van der Waals surface area (Å²) >= 11 is 1.25. The molecule has 0 fully saturated rings. The number of amides is 8. The number of carbonyl (C=O) groups excluding carboxylic acids is 8. The number of carbonyl (C=O) groups is 12. The Morgan fingerprint density at radius 1 is 0.506 bits per heavy atom. The van der Waals surface area contributed by atoms with Crippen LogP contribution in [0.15, 0.2) is 54.6 Å². The molecule has 0 radical (unpaired) electrons. The molecule has 2 rings (SSSR count). The molecule has 0 aliphatic rings. The molecule has 0 unspecified atom stereocenters. The number of hydrogen-bond acceptors (Lipinski definition) is 16. The van der Waals surface area contributed by atoms with Crippen molar-refractivity contribution in [1.82, 2.24) is 42.5 Å². The number of phenolic OH excluding ortho intramolecular Hbond substituents is 1. The largest absolute Gasteiger partial charge is 0.508 e. The number of nitrogens with one attached hydrogen (secondary N) is 8. The van der Waals surface area contributed by atoms with Crippen LogP contribution in [0, 0.1) is 5.92 Å². The molecule has 77 heavy (non-hydrogen) atoms. The van der Waals surface area contributed by atoms with Gasteiger partial charge in [-0.25, -0.2) is 4.79 Å². The molecule has 9 atom stereocenters. The highest BCUT2D eigenvalue weighted by atomic mass is 32.2. The lowest BCUT2D eigenvalue weighted by molar-refractivity contribution is -0.142. The van der Waals surface area contributed by atoms with Gasteiger partial charge in [-0.3, -0.25) is 52.7 Å². The maximum atomic E-state index is 14.3. The normalized spacial score (nSPS) is 14.5. The topological polar surface area (TPSA) is 448 Å². The molecule has 0 saturated heterocycles. The molecule has 0 spiro atoms. The van der Waals surface area contributed by atoms with Gasteiger partial charge in [0.2, 0.25) is 47.3 Å². The van der Waals surface area contributed by atoms with Crippen LogP contribution in [0.2, 0.25) is 0 Å². The van der Waals surface area contributed by atoms with Crippen LogP contribution >= 0.6 is 11.8 Å². The third-order valence-electron chi connectivity index (χ3n) is 11.5. The second kappa shape index (κ2) is 33.2. The van der Waals surface area contributed by atoms with E-state index in [0.717, 1.165) is 6.92 Å². The van der Waals surface area contributed by atoms with Gasteiger partial charge in [-0.1, -0.05) is 56.3 Å². The summed E-state index contributed by atoms with van der Waals surface area (Å²) in [4.78, 5) is 155. The van der Waals surface area contributed by atoms with Crippen molar-refractivity contribution in [3.63, 3.8) is 0 Å². The quantitative estimate of drug-likeness (QED) is 0.0339. The van der Waals surface area contributed by atoms with E-state index in [4.69, 9.17) is 10.8 Å². The molecule has 0 aromatic heterocycles. The molecule has 28 heteroatoms. The molecule has 27 nitrogen and oxygen atoms in total. The van der Waals surface area contributed by atoms with Crippen LogP contribution in [0.4, 0.5) is 0 Å². The van der Waals surface area contributed by atoms with Gasteiger partial charge in [-0.2, -0.15) is 11.8 Å². The lowest BCUT2D eigenvalue weighted by Gasteiger charge is -2.28. The lowest BCUT2D eigenvalue weighted by Crippen LogP contribution is -2.61. The van der Waals surface area contributed by atoms with Gasteiger partial charge in [0.1, 0.15) is 48.0 Å². The fourth-order valence-electron chi connectivity index (χ4n) is 7.17. The van der Waals surface area contributed by atoms with Crippen LogP contribution in [0.3, 0.4) is 0 Å². The fourth-order valence-corrected chi connectivity index (χ4v) is 7.64. The van der Waals surface area contributed by atoms with E-state index in [2.05, 4.69) is 42.5 Å². The van der Waals surface area contributed by atoms with E-state index < -0.39 is 170 Å². The first kappa shape index (κ1) is 65.3. The molecule has 0 saturated carbocycles. The van der Waals surface area contributed by atoms with Crippen LogP contribution in [-0.2, 0) is 70.4 Å². The Hall–Kier alpha value is -7.85. The molecule has 16 N–H and O–H groups in total. The minimum Gasteiger partial charge on any atom is -0.508 e. The first-order chi connectivity index (χ1) is 36.2. The van der Waals surface area contributed by atoms with Crippen molar-refractivity contribution >= 4 is 82.9 Å². The van der Waals surface area contributed by atoms with Gasteiger partial charge in [-0.15, -0.1) is 0 Å². The van der Waals surface area contributed by atoms with Crippen LogP contribution < -0.4 is 48.3 Å². The molecule has 0 aliphatic heterocycles. The number of carboxylic acids is 4. The van der Waals surface area contributed by atoms with Crippen molar-refractivity contribution in [1.29, 1.82) is 0 Å². The smallest absolute Gasteiger partial charge is 0.326 e. The number of phenols is 1. The first-order valence-corrected chi connectivity index (χ1v) is 25.6. The molecule has 8 amide bonds. The molecular formula is C49H69N9O18S. The zero-order chi connectivity index (χ0) is 57.9. The molecule has 2 aromatic carbocycles. The number of aliphatic hydroxyl groups excluding tert-OH is 1. The Morgan fingerprint density at radius 3 is 1.43 bits per heavy atom. The van der Waals surface area contributed by atoms with Gasteiger partial charge in [0, 0.05) is 32.1 Å². The number of benzene rings is 2. The average molecular weight is 1100 g/mol. The minimum atomic E-state index is -1.80. The van der Waals surface area contributed by atoms with E-state index >= 15 is 0 Å². The van der Waals surface area contributed by atoms with Crippen LogP contribution in [0.5, 0.6) is 5.75 Å². The molecule has 0 aliphatic carbocycles. The number of thioether (sulfide) groups is 1. The Bertz CT molecular complexity index is 2380. The van der Waals surface area contributed by atoms with E-state index in [1.165, 1.54) is 49.9 Å². The zero-order valence-corrected chi connectivity index (χ0v) is 43.6. The summed E-state index contributed by atoms with van der Waals surface area (Å²) in [6.45, 7) is 3.41. The molecule has 0 bridgehead atoms. The van der Waals surface area contributed by atoms with Gasteiger partial charge >= 0.3 is 23.9 Å². The van der Waals surface area contributed by atoms with Gasteiger partial charge in [0.15, 0.2) is 0 Å². The van der Waals surface area contributed by atoms with Crippen molar-refractivity contribution in [2.75, 3.05) is 18.6 Å². The second-order valence-corrected chi connectivity index (χ2v) is 19.1. The third-order valence-corrected chi connectivity index (χ3v) is 12.1. The number of aliphatic carboxylic acids is 4. The van der Waals surface area contributed by atoms with Crippen molar-refractivity contribution < 1.29 is 88.2 Å².